The van der Waals surface area contributed by atoms with Crippen molar-refractivity contribution in [3.8, 4) is 0 Å². The fourth-order valence-electron chi connectivity index (χ4n) is 1.03. The van der Waals surface area contributed by atoms with Gasteiger partial charge in [-0.25, -0.2) is 0 Å². The minimum atomic E-state index is 0.245. The lowest BCUT2D eigenvalue weighted by molar-refractivity contribution is 0.0979. The molecule has 0 atom stereocenters. The van der Waals surface area contributed by atoms with E-state index in [0.717, 1.165) is 19.6 Å². The zero-order chi connectivity index (χ0) is 10.7. The molecule has 1 rings (SSSR count). The summed E-state index contributed by atoms with van der Waals surface area (Å²) in [5, 5.41) is 0. The third kappa shape index (κ3) is 3.48. The third-order valence-corrected chi connectivity index (χ3v) is 5.17. The number of ketones is 1. The van der Waals surface area contributed by atoms with Gasteiger partial charge in [0.1, 0.15) is 0 Å². The van der Waals surface area contributed by atoms with E-state index in [9.17, 15) is 4.79 Å². The number of rotatable bonds is 4. The molecule has 0 saturated carbocycles. The molecule has 1 aromatic heterocycles. The van der Waals surface area contributed by atoms with Crippen molar-refractivity contribution in [3.05, 3.63) is 19.2 Å². The van der Waals surface area contributed by atoms with Crippen molar-refractivity contribution < 1.29 is 4.79 Å². The molecule has 0 fully saturated rings. The van der Waals surface area contributed by atoms with Crippen LogP contribution in [0.15, 0.2) is 14.3 Å². The number of carbonyl (C=O) groups excluding carboxylic acids is 1. The van der Waals surface area contributed by atoms with Crippen molar-refractivity contribution in [1.29, 1.82) is 0 Å². The number of thiophene rings is 1. The zero-order valence-corrected chi connectivity index (χ0v) is 12.1. The van der Waals surface area contributed by atoms with E-state index in [4.69, 9.17) is 0 Å². The van der Waals surface area contributed by atoms with Gasteiger partial charge in [0.25, 0.3) is 0 Å². The van der Waals surface area contributed by atoms with Gasteiger partial charge in [-0.05, 0) is 50.3 Å². The second-order valence-corrected chi connectivity index (χ2v) is 6.81. The topological polar surface area (TPSA) is 17.1 Å². The zero-order valence-electron chi connectivity index (χ0n) is 8.14. The van der Waals surface area contributed by atoms with Crippen LogP contribution in [0.25, 0.3) is 0 Å². The summed E-state index contributed by atoms with van der Waals surface area (Å²) in [6.45, 7) is 4.26. The van der Waals surface area contributed by atoms with Crippen molar-refractivity contribution in [2.24, 2.45) is 5.92 Å². The first kappa shape index (κ1) is 12.4. The number of hydrogen-bond acceptors (Lipinski definition) is 2. The van der Waals surface area contributed by atoms with E-state index < -0.39 is 0 Å². The largest absolute Gasteiger partial charge is 0.293 e. The first-order chi connectivity index (χ1) is 6.50. The molecule has 1 nitrogen and oxygen atoms in total. The van der Waals surface area contributed by atoms with Gasteiger partial charge in [-0.3, -0.25) is 4.79 Å². The Morgan fingerprint density at radius 3 is 2.57 bits per heavy atom. The summed E-state index contributed by atoms with van der Waals surface area (Å²) in [5.41, 5.74) is 0. The highest BCUT2D eigenvalue weighted by molar-refractivity contribution is 9.13. The maximum Gasteiger partial charge on any atom is 0.172 e. The van der Waals surface area contributed by atoms with Gasteiger partial charge in [-0.1, -0.05) is 13.8 Å². The maximum absolute atomic E-state index is 11.7. The first-order valence-corrected chi connectivity index (χ1v) is 6.89. The maximum atomic E-state index is 11.7. The summed E-state index contributed by atoms with van der Waals surface area (Å²) < 4.78 is 1.96. The number of Topliss-reactive ketones (excluding diaryl/α,β-unsaturated/α-hetero) is 1. The van der Waals surface area contributed by atoms with Crippen LogP contribution in [0.1, 0.15) is 36.4 Å². The van der Waals surface area contributed by atoms with Crippen molar-refractivity contribution in [2.45, 2.75) is 26.7 Å². The van der Waals surface area contributed by atoms with Crippen LogP contribution in [-0.4, -0.2) is 5.78 Å². The molecule has 4 heteroatoms. The lowest BCUT2D eigenvalue weighted by atomic mass is 10.1. The van der Waals surface area contributed by atoms with Crippen molar-refractivity contribution >= 4 is 49.0 Å². The van der Waals surface area contributed by atoms with Crippen LogP contribution in [0.2, 0.25) is 0 Å². The smallest absolute Gasteiger partial charge is 0.172 e. The predicted octanol–water partition coefficient (Wildman–Crippen LogP) is 4.89. The predicted molar refractivity (Wildman–Crippen MR) is 68.1 cm³/mol. The standard InChI is InChI=1S/C10H12Br2OS/c1-6(2)3-4-8(13)9-5-7(11)10(12)14-9/h5-6H,3-4H2,1-2H3. The highest BCUT2D eigenvalue weighted by Gasteiger charge is 2.12. The summed E-state index contributed by atoms with van der Waals surface area (Å²) in [4.78, 5) is 12.5. The van der Waals surface area contributed by atoms with E-state index in [0.29, 0.717) is 12.3 Å². The molecule has 0 aliphatic heterocycles. The molecule has 78 valence electrons. The summed E-state index contributed by atoms with van der Waals surface area (Å²) in [7, 11) is 0. The molecule has 0 unspecified atom stereocenters. The molecule has 0 N–H and O–H groups in total. The molecule has 0 bridgehead atoms. The van der Waals surface area contributed by atoms with Gasteiger partial charge in [0.05, 0.1) is 8.66 Å². The fourth-order valence-corrected chi connectivity index (χ4v) is 3.03. The van der Waals surface area contributed by atoms with Gasteiger partial charge >= 0.3 is 0 Å². The molecule has 0 saturated heterocycles. The summed E-state index contributed by atoms with van der Waals surface area (Å²) >= 11 is 8.25. The summed E-state index contributed by atoms with van der Waals surface area (Å²) in [5.74, 6) is 0.834. The van der Waals surface area contributed by atoms with Crippen molar-refractivity contribution in [1.82, 2.24) is 0 Å². The number of carbonyl (C=O) groups is 1. The van der Waals surface area contributed by atoms with Gasteiger partial charge in [0.2, 0.25) is 0 Å². The van der Waals surface area contributed by atoms with Crippen LogP contribution in [-0.2, 0) is 0 Å². The van der Waals surface area contributed by atoms with Crippen LogP contribution in [0.4, 0.5) is 0 Å². The van der Waals surface area contributed by atoms with Crippen molar-refractivity contribution in [3.63, 3.8) is 0 Å². The Bertz CT molecular complexity index is 311. The minimum Gasteiger partial charge on any atom is -0.293 e. The lowest BCUT2D eigenvalue weighted by Gasteiger charge is -2.01. The molecule has 0 aliphatic carbocycles. The Balaban J connectivity index is 2.61. The van der Waals surface area contributed by atoms with Gasteiger partial charge in [0.15, 0.2) is 5.78 Å². The Labute approximate surface area is 105 Å². The van der Waals surface area contributed by atoms with E-state index in [-0.39, 0.29) is 5.78 Å². The van der Waals surface area contributed by atoms with Crippen LogP contribution >= 0.6 is 43.2 Å². The molecule has 1 heterocycles. The molecule has 0 radical (unpaired) electrons. The molecule has 0 aliphatic rings. The monoisotopic (exact) mass is 338 g/mol. The quantitative estimate of drug-likeness (QED) is 0.713. The van der Waals surface area contributed by atoms with Gasteiger partial charge < -0.3 is 0 Å². The number of hydrogen-bond donors (Lipinski definition) is 0. The second-order valence-electron chi connectivity index (χ2n) is 3.59. The van der Waals surface area contributed by atoms with Crippen LogP contribution in [0.5, 0.6) is 0 Å². The highest BCUT2D eigenvalue weighted by atomic mass is 79.9. The van der Waals surface area contributed by atoms with Gasteiger partial charge in [0, 0.05) is 10.9 Å². The summed E-state index contributed by atoms with van der Waals surface area (Å²) in [6.07, 6.45) is 1.61. The minimum absolute atomic E-state index is 0.245. The fraction of sp³-hybridized carbons (Fsp3) is 0.500. The van der Waals surface area contributed by atoms with E-state index in [1.807, 2.05) is 6.07 Å². The van der Waals surface area contributed by atoms with Gasteiger partial charge in [-0.2, -0.15) is 0 Å². The SMILES string of the molecule is CC(C)CCC(=O)c1cc(Br)c(Br)s1. The van der Waals surface area contributed by atoms with Crippen LogP contribution < -0.4 is 0 Å². The van der Waals surface area contributed by atoms with E-state index in [2.05, 4.69) is 45.7 Å². The van der Waals surface area contributed by atoms with Crippen molar-refractivity contribution in [2.75, 3.05) is 0 Å². The Kier molecular flexibility index (Phi) is 4.80. The average Bonchev–Trinajstić information content (AvgIpc) is 2.43. The Morgan fingerprint density at radius 2 is 2.14 bits per heavy atom. The van der Waals surface area contributed by atoms with E-state index >= 15 is 0 Å². The first-order valence-electron chi connectivity index (χ1n) is 4.48. The Hall–Kier alpha value is 0.330. The van der Waals surface area contributed by atoms with E-state index in [1.165, 1.54) is 11.3 Å². The van der Waals surface area contributed by atoms with Gasteiger partial charge in [-0.15, -0.1) is 11.3 Å². The lowest BCUT2D eigenvalue weighted by Crippen LogP contribution is -1.98. The molecular weight excluding hydrogens is 328 g/mol. The van der Waals surface area contributed by atoms with Crippen LogP contribution in [0.3, 0.4) is 0 Å². The Morgan fingerprint density at radius 1 is 1.50 bits per heavy atom. The molecule has 0 amide bonds. The number of halogens is 2. The van der Waals surface area contributed by atoms with E-state index in [1.54, 1.807) is 0 Å². The normalized spacial score (nSPS) is 10.9. The molecule has 0 aromatic carbocycles. The summed E-state index contributed by atoms with van der Waals surface area (Å²) in [6, 6.07) is 1.89. The molecule has 1 aromatic rings. The van der Waals surface area contributed by atoms with Crippen LogP contribution in [0, 0.1) is 5.92 Å². The molecular formula is C10H12Br2OS. The average molecular weight is 340 g/mol. The third-order valence-electron chi connectivity index (χ3n) is 1.87. The molecule has 14 heavy (non-hydrogen) atoms. The molecule has 0 spiro atoms. The second kappa shape index (κ2) is 5.42. The highest BCUT2D eigenvalue weighted by Crippen LogP contribution is 2.33.